The smallest absolute Gasteiger partial charge is 0.338 e. The van der Waals surface area contributed by atoms with Gasteiger partial charge in [-0.3, -0.25) is 4.79 Å². The summed E-state index contributed by atoms with van der Waals surface area (Å²) in [5, 5.41) is 10.3. The molecule has 1 saturated carbocycles. The molecule has 4 rings (SSSR count). The number of hydrogen-bond acceptors (Lipinski definition) is 6. The molecule has 2 aliphatic rings. The summed E-state index contributed by atoms with van der Waals surface area (Å²) in [4.78, 5) is 24.2. The van der Waals surface area contributed by atoms with Crippen molar-refractivity contribution >= 4 is 11.9 Å². The maximum absolute atomic E-state index is 12.5. The Labute approximate surface area is 175 Å². The average molecular weight is 408 g/mol. The van der Waals surface area contributed by atoms with Gasteiger partial charge in [0.25, 0.3) is 0 Å². The molecule has 1 aliphatic carbocycles. The number of para-hydroxylation sites is 1. The minimum Gasteiger partial charge on any atom is -0.491 e. The second kappa shape index (κ2) is 9.13. The van der Waals surface area contributed by atoms with Crippen molar-refractivity contribution in [2.75, 3.05) is 6.61 Å². The molecule has 156 valence electrons. The van der Waals surface area contributed by atoms with Crippen LogP contribution in [-0.2, 0) is 14.3 Å². The molecule has 2 aromatic carbocycles. The number of carbonyl (C=O) groups excluding carboxylic acids is 2. The highest BCUT2D eigenvalue weighted by atomic mass is 16.6. The first kappa shape index (κ1) is 20.2. The molecule has 0 aromatic heterocycles. The Morgan fingerprint density at radius 2 is 1.83 bits per heavy atom. The molecule has 1 N–H and O–H groups in total. The SMILES string of the molecule is O=C1CC2C(CC(OC(=O)c3ccccc3)C2/C=C/C(O)COc2ccccc2)O1. The fourth-order valence-corrected chi connectivity index (χ4v) is 4.08. The molecule has 1 aliphatic heterocycles. The molecule has 0 radical (unpaired) electrons. The molecular formula is C24H24O6. The maximum Gasteiger partial charge on any atom is 0.338 e. The number of rotatable bonds is 7. The quantitative estimate of drug-likeness (QED) is 0.560. The van der Waals surface area contributed by atoms with Crippen LogP contribution in [0.5, 0.6) is 5.75 Å². The summed E-state index contributed by atoms with van der Waals surface area (Å²) in [6.45, 7) is 0.102. The lowest BCUT2D eigenvalue weighted by Crippen LogP contribution is -2.25. The first-order valence-corrected chi connectivity index (χ1v) is 10.1. The van der Waals surface area contributed by atoms with Crippen LogP contribution in [0.3, 0.4) is 0 Å². The zero-order valence-corrected chi connectivity index (χ0v) is 16.4. The molecule has 0 spiro atoms. The summed E-state index contributed by atoms with van der Waals surface area (Å²) >= 11 is 0. The van der Waals surface area contributed by atoms with Crippen LogP contribution in [0, 0.1) is 11.8 Å². The molecule has 1 heterocycles. The largest absolute Gasteiger partial charge is 0.491 e. The van der Waals surface area contributed by atoms with Crippen LogP contribution in [0.1, 0.15) is 23.2 Å². The third kappa shape index (κ3) is 4.71. The maximum atomic E-state index is 12.5. The van der Waals surface area contributed by atoms with Crippen molar-refractivity contribution in [3.05, 3.63) is 78.4 Å². The van der Waals surface area contributed by atoms with Crippen molar-refractivity contribution in [3.63, 3.8) is 0 Å². The minimum absolute atomic E-state index is 0.0652. The standard InChI is InChI=1S/C24H24O6/c25-17(15-28-18-9-5-2-6-10-18)11-12-19-20-13-23(26)29-22(20)14-21(19)30-24(27)16-7-3-1-4-8-16/h1-12,17,19-22,25H,13-15H2/b12-11+. The van der Waals surface area contributed by atoms with Gasteiger partial charge in [-0.2, -0.15) is 0 Å². The lowest BCUT2D eigenvalue weighted by molar-refractivity contribution is -0.141. The number of aliphatic hydroxyl groups is 1. The molecule has 1 saturated heterocycles. The van der Waals surface area contributed by atoms with Crippen LogP contribution in [0.4, 0.5) is 0 Å². The minimum atomic E-state index is -0.826. The molecular weight excluding hydrogens is 384 g/mol. The zero-order chi connectivity index (χ0) is 20.9. The van der Waals surface area contributed by atoms with E-state index in [1.807, 2.05) is 42.5 Å². The highest BCUT2D eigenvalue weighted by molar-refractivity contribution is 5.89. The summed E-state index contributed by atoms with van der Waals surface area (Å²) in [6, 6.07) is 18.0. The Balaban J connectivity index is 1.41. The van der Waals surface area contributed by atoms with Gasteiger partial charge in [0.05, 0.1) is 12.0 Å². The second-order valence-corrected chi connectivity index (χ2v) is 7.60. The number of benzene rings is 2. The summed E-state index contributed by atoms with van der Waals surface area (Å²) < 4.78 is 16.7. The van der Waals surface area contributed by atoms with Crippen LogP contribution >= 0.6 is 0 Å². The molecule has 0 bridgehead atoms. The van der Waals surface area contributed by atoms with Crippen molar-refractivity contribution < 1.29 is 28.9 Å². The van der Waals surface area contributed by atoms with E-state index >= 15 is 0 Å². The third-order valence-electron chi connectivity index (χ3n) is 5.54. The lowest BCUT2D eigenvalue weighted by Gasteiger charge is -2.20. The van der Waals surface area contributed by atoms with Crippen molar-refractivity contribution in [3.8, 4) is 5.75 Å². The van der Waals surface area contributed by atoms with Gasteiger partial charge < -0.3 is 19.3 Å². The van der Waals surface area contributed by atoms with Crippen molar-refractivity contribution in [1.29, 1.82) is 0 Å². The molecule has 2 aromatic rings. The fourth-order valence-electron chi connectivity index (χ4n) is 4.08. The van der Waals surface area contributed by atoms with Gasteiger partial charge in [0.2, 0.25) is 0 Å². The third-order valence-corrected chi connectivity index (χ3v) is 5.54. The molecule has 2 fully saturated rings. The monoisotopic (exact) mass is 408 g/mol. The van der Waals surface area contributed by atoms with Crippen LogP contribution in [0.2, 0.25) is 0 Å². The number of aliphatic hydroxyl groups excluding tert-OH is 1. The van der Waals surface area contributed by atoms with Crippen LogP contribution in [0.25, 0.3) is 0 Å². The van der Waals surface area contributed by atoms with Gasteiger partial charge in [0.1, 0.15) is 30.7 Å². The van der Waals surface area contributed by atoms with Crippen molar-refractivity contribution in [2.45, 2.75) is 31.2 Å². The van der Waals surface area contributed by atoms with Crippen LogP contribution in [0.15, 0.2) is 72.8 Å². The lowest BCUT2D eigenvalue weighted by atomic mass is 9.91. The summed E-state index contributed by atoms with van der Waals surface area (Å²) in [7, 11) is 0. The Morgan fingerprint density at radius 1 is 1.13 bits per heavy atom. The van der Waals surface area contributed by atoms with E-state index in [-0.39, 0.29) is 36.9 Å². The highest BCUT2D eigenvalue weighted by Gasteiger charge is 2.50. The highest BCUT2D eigenvalue weighted by Crippen LogP contribution is 2.43. The van der Waals surface area contributed by atoms with Gasteiger partial charge in [0.15, 0.2) is 0 Å². The number of ether oxygens (including phenoxy) is 3. The predicted molar refractivity (Wildman–Crippen MR) is 109 cm³/mol. The Bertz CT molecular complexity index is 894. The van der Waals surface area contributed by atoms with E-state index in [1.54, 1.807) is 30.3 Å². The normalized spacial score (nSPS) is 26.2. The summed E-state index contributed by atoms with van der Waals surface area (Å²) in [6.07, 6.45) is 2.71. The molecule has 6 heteroatoms. The molecule has 30 heavy (non-hydrogen) atoms. The topological polar surface area (TPSA) is 82.1 Å². The van der Waals surface area contributed by atoms with E-state index < -0.39 is 18.2 Å². The van der Waals surface area contributed by atoms with E-state index in [4.69, 9.17) is 14.2 Å². The first-order valence-electron chi connectivity index (χ1n) is 10.1. The van der Waals surface area contributed by atoms with Gasteiger partial charge in [0, 0.05) is 18.3 Å². The van der Waals surface area contributed by atoms with E-state index in [1.165, 1.54) is 0 Å². The zero-order valence-electron chi connectivity index (χ0n) is 16.4. The second-order valence-electron chi connectivity index (χ2n) is 7.60. The van der Waals surface area contributed by atoms with E-state index in [9.17, 15) is 14.7 Å². The van der Waals surface area contributed by atoms with Crippen LogP contribution < -0.4 is 4.74 Å². The Hall–Kier alpha value is -3.12. The predicted octanol–water partition coefficient (Wildman–Crippen LogP) is 3.16. The van der Waals surface area contributed by atoms with Gasteiger partial charge in [-0.1, -0.05) is 48.6 Å². The number of esters is 2. The molecule has 5 unspecified atom stereocenters. The summed E-state index contributed by atoms with van der Waals surface area (Å²) in [5.74, 6) is -0.233. The van der Waals surface area contributed by atoms with Gasteiger partial charge in [-0.25, -0.2) is 4.79 Å². The number of fused-ring (bicyclic) bond motifs is 1. The molecule has 6 nitrogen and oxygen atoms in total. The summed E-state index contributed by atoms with van der Waals surface area (Å²) in [5.41, 5.74) is 0.477. The van der Waals surface area contributed by atoms with Crippen molar-refractivity contribution in [1.82, 2.24) is 0 Å². The Morgan fingerprint density at radius 3 is 2.57 bits per heavy atom. The number of hydrogen-bond donors (Lipinski definition) is 1. The van der Waals surface area contributed by atoms with Crippen molar-refractivity contribution in [2.24, 2.45) is 11.8 Å². The van der Waals surface area contributed by atoms with E-state index in [2.05, 4.69) is 0 Å². The van der Waals surface area contributed by atoms with Gasteiger partial charge >= 0.3 is 11.9 Å². The Kier molecular flexibility index (Phi) is 6.14. The van der Waals surface area contributed by atoms with Crippen LogP contribution in [-0.4, -0.2) is 42.0 Å². The molecule has 0 amide bonds. The van der Waals surface area contributed by atoms with E-state index in [0.29, 0.717) is 17.7 Å². The van der Waals surface area contributed by atoms with E-state index in [0.717, 1.165) is 0 Å². The van der Waals surface area contributed by atoms with Gasteiger partial charge in [-0.15, -0.1) is 0 Å². The fraction of sp³-hybridized carbons (Fsp3) is 0.333. The number of carbonyl (C=O) groups is 2. The van der Waals surface area contributed by atoms with Gasteiger partial charge in [-0.05, 0) is 24.3 Å². The first-order chi connectivity index (χ1) is 14.6. The molecule has 5 atom stereocenters. The average Bonchev–Trinajstić information content (AvgIpc) is 3.27.